The molecule has 1 amide bonds. The summed E-state index contributed by atoms with van der Waals surface area (Å²) in [6, 6.07) is 1.54. The molecule has 0 aliphatic carbocycles. The third kappa shape index (κ3) is 3.57. The van der Waals surface area contributed by atoms with E-state index in [1.165, 1.54) is 11.3 Å². The van der Waals surface area contributed by atoms with Crippen LogP contribution in [0.5, 0.6) is 0 Å². The second-order valence-electron chi connectivity index (χ2n) is 6.04. The molecule has 9 nitrogen and oxygen atoms in total. The Bertz CT molecular complexity index is 897. The summed E-state index contributed by atoms with van der Waals surface area (Å²) in [5.41, 5.74) is 3.47. The Labute approximate surface area is 153 Å². The summed E-state index contributed by atoms with van der Waals surface area (Å²) in [7, 11) is 0. The summed E-state index contributed by atoms with van der Waals surface area (Å²) < 4.78 is 13.0. The predicted molar refractivity (Wildman–Crippen MR) is 92.9 cm³/mol. The Morgan fingerprint density at radius 1 is 1.50 bits per heavy atom. The number of hydrogen-bond donors (Lipinski definition) is 1. The summed E-state index contributed by atoms with van der Waals surface area (Å²) in [5, 5.41) is 12.8. The van der Waals surface area contributed by atoms with Crippen LogP contribution in [0.25, 0.3) is 5.78 Å². The second kappa shape index (κ2) is 7.44. The summed E-state index contributed by atoms with van der Waals surface area (Å²) in [4.78, 5) is 21.1. The highest BCUT2D eigenvalue weighted by Crippen LogP contribution is 2.15. The Balaban J connectivity index is 1.45. The molecule has 0 saturated carbocycles. The number of carbonyl (C=O) groups excluding carboxylic acids is 1. The fraction of sp³-hybridized carbons (Fsp3) is 0.438. The number of nitrogens with one attached hydrogen (secondary N) is 1. The van der Waals surface area contributed by atoms with Crippen molar-refractivity contribution in [3.63, 3.8) is 0 Å². The van der Waals surface area contributed by atoms with Gasteiger partial charge in [-0.1, -0.05) is 0 Å². The maximum atomic E-state index is 12.7. The van der Waals surface area contributed by atoms with Gasteiger partial charge in [-0.3, -0.25) is 9.20 Å². The third-order valence-electron chi connectivity index (χ3n) is 4.16. The first-order chi connectivity index (χ1) is 12.7. The molecule has 1 N–H and O–H groups in total. The number of nitrogens with zero attached hydrogens (tertiary/aromatic N) is 5. The van der Waals surface area contributed by atoms with E-state index in [9.17, 15) is 4.79 Å². The Morgan fingerprint density at radius 2 is 2.42 bits per heavy atom. The molecular formula is C16H18N6O3S. The first-order valence-electron chi connectivity index (χ1n) is 8.26. The molecule has 1 aliphatic heterocycles. The van der Waals surface area contributed by atoms with Crippen LogP contribution < -0.4 is 5.32 Å². The first-order valence-corrected chi connectivity index (χ1v) is 9.20. The highest BCUT2D eigenvalue weighted by Gasteiger charge is 2.29. The molecule has 1 saturated heterocycles. The second-order valence-corrected chi connectivity index (χ2v) is 6.75. The van der Waals surface area contributed by atoms with Crippen molar-refractivity contribution in [3.8, 4) is 0 Å². The van der Waals surface area contributed by atoms with E-state index in [-0.39, 0.29) is 23.9 Å². The van der Waals surface area contributed by atoms with Crippen LogP contribution in [0.15, 0.2) is 23.2 Å². The van der Waals surface area contributed by atoms with E-state index in [0.717, 1.165) is 11.4 Å². The number of rotatable bonds is 5. The van der Waals surface area contributed by atoms with E-state index < -0.39 is 0 Å². The van der Waals surface area contributed by atoms with Gasteiger partial charge in [0.05, 0.1) is 36.6 Å². The van der Waals surface area contributed by atoms with Gasteiger partial charge in [0.25, 0.3) is 11.7 Å². The molecule has 1 aliphatic rings. The largest absolute Gasteiger partial charge is 0.379 e. The van der Waals surface area contributed by atoms with Gasteiger partial charge in [0.1, 0.15) is 0 Å². The fourth-order valence-electron chi connectivity index (χ4n) is 2.82. The van der Waals surface area contributed by atoms with Crippen LogP contribution in [-0.4, -0.2) is 55.8 Å². The normalized spacial score (nSPS) is 20.3. The molecule has 1 fully saturated rings. The van der Waals surface area contributed by atoms with Gasteiger partial charge in [-0.05, 0) is 19.4 Å². The van der Waals surface area contributed by atoms with Crippen LogP contribution in [0.2, 0.25) is 0 Å². The number of ether oxygens (including phenoxy) is 2. The minimum absolute atomic E-state index is 0.144. The molecular weight excluding hydrogens is 356 g/mol. The van der Waals surface area contributed by atoms with Crippen molar-refractivity contribution in [2.45, 2.75) is 32.1 Å². The zero-order chi connectivity index (χ0) is 17.9. The maximum absolute atomic E-state index is 12.7. The zero-order valence-corrected chi connectivity index (χ0v) is 15.0. The topological polar surface area (TPSA) is 104 Å². The molecule has 0 aromatic carbocycles. The van der Waals surface area contributed by atoms with E-state index in [0.29, 0.717) is 32.0 Å². The van der Waals surface area contributed by atoms with Crippen LogP contribution in [0.4, 0.5) is 0 Å². The van der Waals surface area contributed by atoms with Gasteiger partial charge in [-0.25, -0.2) is 9.97 Å². The minimum Gasteiger partial charge on any atom is -0.379 e. The number of thiazole rings is 1. The van der Waals surface area contributed by atoms with Crippen molar-refractivity contribution in [2.24, 2.45) is 0 Å². The lowest BCUT2D eigenvalue weighted by Crippen LogP contribution is -2.50. The van der Waals surface area contributed by atoms with Gasteiger partial charge < -0.3 is 14.8 Å². The Kier molecular flexibility index (Phi) is 4.87. The van der Waals surface area contributed by atoms with E-state index in [1.54, 1.807) is 22.2 Å². The summed E-state index contributed by atoms with van der Waals surface area (Å²) in [6.45, 7) is 3.27. The average Bonchev–Trinajstić information content (AvgIpc) is 3.30. The number of amides is 1. The highest BCUT2D eigenvalue weighted by molar-refractivity contribution is 7.07. The molecule has 2 atom stereocenters. The lowest BCUT2D eigenvalue weighted by molar-refractivity contribution is -0.0612. The van der Waals surface area contributed by atoms with Gasteiger partial charge in [-0.2, -0.15) is 0 Å². The van der Waals surface area contributed by atoms with E-state index in [1.807, 2.05) is 12.3 Å². The van der Waals surface area contributed by atoms with Crippen molar-refractivity contribution >= 4 is 23.0 Å². The maximum Gasteiger partial charge on any atom is 0.290 e. The first kappa shape index (κ1) is 17.0. The monoisotopic (exact) mass is 374 g/mol. The van der Waals surface area contributed by atoms with Crippen molar-refractivity contribution < 1.29 is 14.3 Å². The number of fused-ring (bicyclic) bond motifs is 1. The molecule has 3 aromatic heterocycles. The van der Waals surface area contributed by atoms with Crippen LogP contribution in [0, 0.1) is 6.92 Å². The predicted octanol–water partition coefficient (Wildman–Crippen LogP) is 0.993. The van der Waals surface area contributed by atoms with Crippen LogP contribution in [-0.2, 0) is 16.1 Å². The van der Waals surface area contributed by atoms with Gasteiger partial charge >= 0.3 is 0 Å². The van der Waals surface area contributed by atoms with Gasteiger partial charge in [-0.15, -0.1) is 21.5 Å². The quantitative estimate of drug-likeness (QED) is 0.710. The van der Waals surface area contributed by atoms with Crippen LogP contribution >= 0.6 is 11.3 Å². The van der Waals surface area contributed by atoms with E-state index in [4.69, 9.17) is 9.47 Å². The summed E-state index contributed by atoms with van der Waals surface area (Å²) in [6.07, 6.45) is 2.30. The van der Waals surface area contributed by atoms with Crippen molar-refractivity contribution in [1.29, 1.82) is 0 Å². The number of aryl methyl sites for hydroxylation is 1. The minimum atomic E-state index is -0.332. The summed E-state index contributed by atoms with van der Waals surface area (Å²) in [5.74, 6) is 0.253. The van der Waals surface area contributed by atoms with Crippen molar-refractivity contribution in [1.82, 2.24) is 29.9 Å². The van der Waals surface area contributed by atoms with Crippen molar-refractivity contribution in [2.75, 3.05) is 13.2 Å². The molecule has 3 aromatic rings. The molecule has 4 rings (SSSR count). The van der Waals surface area contributed by atoms with Crippen molar-refractivity contribution in [3.05, 3.63) is 40.4 Å². The SMILES string of the molecule is Cc1ccn2c(C(=O)N[C@@H]3COCC[C@@H]3OCc3cscn3)nnc2n1. The number of aromatic nitrogens is 5. The molecule has 4 heterocycles. The number of hydrogen-bond acceptors (Lipinski definition) is 8. The van der Waals surface area contributed by atoms with E-state index >= 15 is 0 Å². The molecule has 26 heavy (non-hydrogen) atoms. The number of carbonyl (C=O) groups is 1. The third-order valence-corrected chi connectivity index (χ3v) is 4.80. The van der Waals surface area contributed by atoms with Crippen LogP contribution in [0.1, 0.15) is 28.4 Å². The lowest BCUT2D eigenvalue weighted by Gasteiger charge is -2.31. The zero-order valence-electron chi connectivity index (χ0n) is 14.2. The molecule has 0 spiro atoms. The van der Waals surface area contributed by atoms with Gasteiger partial charge in [0.15, 0.2) is 0 Å². The van der Waals surface area contributed by atoms with Crippen LogP contribution in [0.3, 0.4) is 0 Å². The molecule has 0 bridgehead atoms. The molecule has 0 radical (unpaired) electrons. The summed E-state index contributed by atoms with van der Waals surface area (Å²) >= 11 is 1.53. The van der Waals surface area contributed by atoms with E-state index in [2.05, 4.69) is 25.5 Å². The Hall–Kier alpha value is -2.43. The standard InChI is InChI=1S/C16H18N6O3S/c1-10-2-4-22-14(20-21-16(22)18-10)15(23)19-12-7-24-5-3-13(12)25-6-11-8-26-9-17-11/h2,4,8-9,12-13H,3,5-7H2,1H3,(H,19,23)/t12-,13+/m1/s1. The van der Waals surface area contributed by atoms with Gasteiger partial charge in [0.2, 0.25) is 5.82 Å². The molecule has 136 valence electrons. The lowest BCUT2D eigenvalue weighted by atomic mass is 10.1. The Morgan fingerprint density at radius 3 is 3.27 bits per heavy atom. The fourth-order valence-corrected chi connectivity index (χ4v) is 3.36. The molecule has 10 heteroatoms. The van der Waals surface area contributed by atoms with Gasteiger partial charge in [0, 0.05) is 23.9 Å². The molecule has 0 unspecified atom stereocenters. The average molecular weight is 374 g/mol. The smallest absolute Gasteiger partial charge is 0.290 e. The highest BCUT2D eigenvalue weighted by atomic mass is 32.1.